The number of hydrogen-bond donors (Lipinski definition) is 1. The van der Waals surface area contributed by atoms with Crippen LogP contribution >= 0.6 is 0 Å². The molecule has 2 N–H and O–H groups in total. The minimum atomic E-state index is -4.37. The van der Waals surface area contributed by atoms with Crippen molar-refractivity contribution in [3.63, 3.8) is 0 Å². The predicted octanol–water partition coefficient (Wildman–Crippen LogP) is 3.09. The van der Waals surface area contributed by atoms with E-state index in [0.717, 1.165) is 18.0 Å². The first kappa shape index (κ1) is 12.5. The van der Waals surface area contributed by atoms with Gasteiger partial charge in [-0.3, -0.25) is 4.68 Å². The van der Waals surface area contributed by atoms with Gasteiger partial charge in [-0.15, -0.1) is 0 Å². The monoisotopic (exact) mass is 255 g/mol. The zero-order chi connectivity index (χ0) is 13.3. The highest BCUT2D eigenvalue weighted by Crippen LogP contribution is 2.30. The number of aromatic nitrogens is 2. The molecule has 0 radical (unpaired) electrons. The van der Waals surface area contributed by atoms with E-state index in [-0.39, 0.29) is 6.04 Å². The third kappa shape index (κ3) is 2.47. The van der Waals surface area contributed by atoms with E-state index in [1.807, 2.05) is 0 Å². The van der Waals surface area contributed by atoms with E-state index < -0.39 is 11.7 Å². The second-order valence-corrected chi connectivity index (χ2v) is 4.05. The predicted molar refractivity (Wildman–Crippen MR) is 61.9 cm³/mol. The minimum Gasteiger partial charge on any atom is -0.399 e. The summed E-state index contributed by atoms with van der Waals surface area (Å²) in [7, 11) is 0. The molecule has 3 nitrogen and oxygen atoms in total. The second kappa shape index (κ2) is 4.36. The van der Waals surface area contributed by atoms with Crippen molar-refractivity contribution >= 4 is 5.69 Å². The van der Waals surface area contributed by atoms with Crippen molar-refractivity contribution in [2.24, 2.45) is 0 Å². The molecule has 1 heterocycles. The van der Waals surface area contributed by atoms with Crippen LogP contribution in [0.3, 0.4) is 0 Å². The summed E-state index contributed by atoms with van der Waals surface area (Å²) in [5.41, 5.74) is 6.27. The number of rotatable bonds is 2. The second-order valence-electron chi connectivity index (χ2n) is 4.05. The number of hydrogen-bond acceptors (Lipinski definition) is 2. The lowest BCUT2D eigenvalue weighted by Gasteiger charge is -2.13. The molecule has 0 bridgehead atoms. The van der Waals surface area contributed by atoms with E-state index in [0.29, 0.717) is 5.69 Å². The fourth-order valence-electron chi connectivity index (χ4n) is 1.67. The molecule has 96 valence electrons. The Morgan fingerprint density at radius 1 is 1.33 bits per heavy atom. The van der Waals surface area contributed by atoms with Crippen LogP contribution < -0.4 is 5.73 Å². The molecular weight excluding hydrogens is 243 g/mol. The highest BCUT2D eigenvalue weighted by molar-refractivity contribution is 5.41. The van der Waals surface area contributed by atoms with Crippen LogP contribution in [-0.2, 0) is 6.18 Å². The van der Waals surface area contributed by atoms with Gasteiger partial charge in [0.15, 0.2) is 0 Å². The summed E-state index contributed by atoms with van der Waals surface area (Å²) >= 11 is 0. The van der Waals surface area contributed by atoms with Crippen molar-refractivity contribution < 1.29 is 13.2 Å². The Hall–Kier alpha value is -1.98. The summed E-state index contributed by atoms with van der Waals surface area (Å²) in [6, 6.07) is 6.70. The van der Waals surface area contributed by atoms with Crippen LogP contribution in [-0.4, -0.2) is 9.78 Å². The summed E-state index contributed by atoms with van der Waals surface area (Å²) in [6.45, 7) is 1.77. The Balaban J connectivity index is 2.29. The molecule has 6 heteroatoms. The first-order valence-corrected chi connectivity index (χ1v) is 5.34. The Morgan fingerprint density at radius 3 is 2.61 bits per heavy atom. The summed E-state index contributed by atoms with van der Waals surface area (Å²) < 4.78 is 38.6. The lowest BCUT2D eigenvalue weighted by Crippen LogP contribution is -2.08. The van der Waals surface area contributed by atoms with Gasteiger partial charge in [-0.25, -0.2) is 0 Å². The first-order valence-electron chi connectivity index (χ1n) is 5.34. The number of halogens is 3. The lowest BCUT2D eigenvalue weighted by molar-refractivity contribution is -0.137. The van der Waals surface area contributed by atoms with E-state index in [1.54, 1.807) is 31.2 Å². The van der Waals surface area contributed by atoms with Crippen LogP contribution in [0.5, 0.6) is 0 Å². The van der Waals surface area contributed by atoms with Gasteiger partial charge >= 0.3 is 6.18 Å². The molecule has 0 aliphatic rings. The van der Waals surface area contributed by atoms with Gasteiger partial charge in [0.25, 0.3) is 0 Å². The molecule has 0 amide bonds. The Bertz CT molecular complexity index is 545. The molecule has 2 rings (SSSR count). The Labute approximate surface area is 102 Å². The number of alkyl halides is 3. The third-order valence-corrected chi connectivity index (χ3v) is 2.72. The fraction of sp³-hybridized carbons (Fsp3) is 0.250. The van der Waals surface area contributed by atoms with Crippen LogP contribution in [0.2, 0.25) is 0 Å². The molecule has 2 aromatic rings. The molecular formula is C12H12F3N3. The van der Waals surface area contributed by atoms with Gasteiger partial charge in [-0.2, -0.15) is 18.3 Å². The van der Waals surface area contributed by atoms with Gasteiger partial charge in [0.2, 0.25) is 0 Å². The standard InChI is InChI=1S/C12H12F3N3/c1-8(9-3-2-4-11(16)5-9)18-7-10(6-17-18)12(13,14)15/h2-8H,16H2,1H3. The lowest BCUT2D eigenvalue weighted by atomic mass is 10.1. The van der Waals surface area contributed by atoms with E-state index in [9.17, 15) is 13.2 Å². The molecule has 1 atom stereocenters. The fourth-order valence-corrected chi connectivity index (χ4v) is 1.67. The third-order valence-electron chi connectivity index (χ3n) is 2.72. The maximum atomic E-state index is 12.5. The number of benzene rings is 1. The molecule has 0 saturated heterocycles. The van der Waals surface area contributed by atoms with E-state index in [4.69, 9.17) is 5.73 Å². The maximum absolute atomic E-state index is 12.5. The van der Waals surface area contributed by atoms with Crippen molar-refractivity contribution in [3.8, 4) is 0 Å². The van der Waals surface area contributed by atoms with Gasteiger partial charge in [-0.05, 0) is 24.6 Å². The van der Waals surface area contributed by atoms with Gasteiger partial charge in [0, 0.05) is 11.9 Å². The quantitative estimate of drug-likeness (QED) is 0.838. The van der Waals surface area contributed by atoms with Gasteiger partial charge < -0.3 is 5.73 Å². The van der Waals surface area contributed by atoms with Gasteiger partial charge in [0.1, 0.15) is 0 Å². The first-order chi connectivity index (χ1) is 8.38. The smallest absolute Gasteiger partial charge is 0.399 e. The molecule has 0 aliphatic heterocycles. The summed E-state index contributed by atoms with van der Waals surface area (Å²) in [6.07, 6.45) is -2.55. The normalized spacial score (nSPS) is 13.6. The number of nitrogens with zero attached hydrogens (tertiary/aromatic N) is 2. The largest absolute Gasteiger partial charge is 0.419 e. The topological polar surface area (TPSA) is 43.8 Å². The molecule has 0 spiro atoms. The van der Waals surface area contributed by atoms with Gasteiger partial charge in [0.05, 0.1) is 17.8 Å². The maximum Gasteiger partial charge on any atom is 0.419 e. The molecule has 0 aliphatic carbocycles. The van der Waals surface area contributed by atoms with E-state index in [2.05, 4.69) is 5.10 Å². The Morgan fingerprint density at radius 2 is 2.06 bits per heavy atom. The van der Waals surface area contributed by atoms with Gasteiger partial charge in [-0.1, -0.05) is 12.1 Å². The molecule has 1 aromatic heterocycles. The zero-order valence-corrected chi connectivity index (χ0v) is 9.65. The van der Waals surface area contributed by atoms with Crippen LogP contribution in [0.1, 0.15) is 24.1 Å². The van der Waals surface area contributed by atoms with E-state index in [1.165, 1.54) is 4.68 Å². The average Bonchev–Trinajstić information content (AvgIpc) is 2.77. The zero-order valence-electron chi connectivity index (χ0n) is 9.65. The van der Waals surface area contributed by atoms with Crippen molar-refractivity contribution in [3.05, 3.63) is 47.8 Å². The SMILES string of the molecule is CC(c1cccc(N)c1)n1cc(C(F)(F)F)cn1. The highest BCUT2D eigenvalue weighted by Gasteiger charge is 2.32. The molecule has 0 fully saturated rings. The summed E-state index contributed by atoms with van der Waals surface area (Å²) in [5, 5.41) is 3.74. The average molecular weight is 255 g/mol. The van der Waals surface area contributed by atoms with Crippen molar-refractivity contribution in [1.82, 2.24) is 9.78 Å². The number of nitrogen functional groups attached to an aromatic ring is 1. The molecule has 1 unspecified atom stereocenters. The highest BCUT2D eigenvalue weighted by atomic mass is 19.4. The number of anilines is 1. The van der Waals surface area contributed by atoms with Crippen LogP contribution in [0, 0.1) is 0 Å². The molecule has 1 aromatic carbocycles. The van der Waals surface area contributed by atoms with E-state index >= 15 is 0 Å². The number of nitrogens with two attached hydrogens (primary N) is 1. The molecule has 18 heavy (non-hydrogen) atoms. The van der Waals surface area contributed by atoms with Crippen LogP contribution in [0.15, 0.2) is 36.7 Å². The molecule has 0 saturated carbocycles. The van der Waals surface area contributed by atoms with Crippen LogP contribution in [0.25, 0.3) is 0 Å². The minimum absolute atomic E-state index is 0.301. The Kier molecular flexibility index (Phi) is 3.02. The van der Waals surface area contributed by atoms with Crippen molar-refractivity contribution in [1.29, 1.82) is 0 Å². The summed E-state index contributed by atoms with van der Waals surface area (Å²) in [5.74, 6) is 0. The van der Waals surface area contributed by atoms with Crippen LogP contribution in [0.4, 0.5) is 18.9 Å². The van der Waals surface area contributed by atoms with Crippen molar-refractivity contribution in [2.45, 2.75) is 19.1 Å². The summed E-state index contributed by atoms with van der Waals surface area (Å²) in [4.78, 5) is 0. The van der Waals surface area contributed by atoms with Crippen molar-refractivity contribution in [2.75, 3.05) is 5.73 Å².